The van der Waals surface area contributed by atoms with Crippen molar-refractivity contribution in [3.63, 3.8) is 0 Å². The average molecular weight is 411 g/mol. The van der Waals surface area contributed by atoms with Gasteiger partial charge in [-0.1, -0.05) is 60.7 Å². The normalized spacial score (nSPS) is 15.4. The lowest BCUT2D eigenvalue weighted by atomic mass is 9.90. The highest BCUT2D eigenvalue weighted by Crippen LogP contribution is 2.32. The Labute approximate surface area is 178 Å². The third kappa shape index (κ3) is 3.17. The largest absolute Gasteiger partial charge is 0.494 e. The Bertz CT molecular complexity index is 1360. The molecule has 0 radical (unpaired) electrons. The highest BCUT2D eigenvalue weighted by molar-refractivity contribution is 5.47. The van der Waals surface area contributed by atoms with E-state index in [9.17, 15) is 14.7 Å². The number of fused-ring (bicyclic) bond motifs is 1. The van der Waals surface area contributed by atoms with Gasteiger partial charge in [0, 0.05) is 6.54 Å². The Balaban J connectivity index is 1.86. The first kappa shape index (κ1) is 19.1. The molecule has 1 aromatic heterocycles. The lowest BCUT2D eigenvalue weighted by Crippen LogP contribution is -2.43. The molecule has 0 saturated carbocycles. The second kappa shape index (κ2) is 7.74. The Morgan fingerprint density at radius 3 is 2.03 bits per heavy atom. The molecule has 2 heterocycles. The number of aromatic nitrogens is 2. The van der Waals surface area contributed by atoms with Crippen LogP contribution in [0.3, 0.4) is 0 Å². The van der Waals surface area contributed by atoms with E-state index in [0.717, 1.165) is 22.1 Å². The van der Waals surface area contributed by atoms with Crippen molar-refractivity contribution >= 4 is 0 Å². The number of rotatable bonds is 3. The second-order valence-electron chi connectivity index (χ2n) is 7.50. The third-order valence-corrected chi connectivity index (χ3v) is 5.70. The molecular weight excluding hydrogens is 390 g/mol. The van der Waals surface area contributed by atoms with Crippen LogP contribution in [0.2, 0.25) is 0 Å². The van der Waals surface area contributed by atoms with Crippen LogP contribution in [0.25, 0.3) is 11.4 Å². The van der Waals surface area contributed by atoms with Gasteiger partial charge in [-0.3, -0.25) is 4.79 Å². The number of para-hydroxylation sites is 2. The summed E-state index contributed by atoms with van der Waals surface area (Å²) in [7, 11) is 0. The smallest absolute Gasteiger partial charge is 0.343 e. The molecule has 0 aliphatic carbocycles. The lowest BCUT2D eigenvalue weighted by Gasteiger charge is -2.28. The van der Waals surface area contributed by atoms with Gasteiger partial charge in [0.1, 0.15) is 0 Å². The van der Waals surface area contributed by atoms with Gasteiger partial charge in [0.15, 0.2) is 0 Å². The van der Waals surface area contributed by atoms with E-state index in [4.69, 9.17) is 0 Å². The van der Waals surface area contributed by atoms with E-state index in [1.165, 1.54) is 4.57 Å². The summed E-state index contributed by atoms with van der Waals surface area (Å²) in [6.45, 7) is 0.663. The summed E-state index contributed by atoms with van der Waals surface area (Å²) in [6.07, 6.45) is 0.832. The van der Waals surface area contributed by atoms with Gasteiger partial charge in [-0.05, 0) is 41.8 Å². The molecule has 0 bridgehead atoms. The van der Waals surface area contributed by atoms with Gasteiger partial charge in [-0.25, -0.2) is 13.9 Å². The summed E-state index contributed by atoms with van der Waals surface area (Å²) in [5, 5.41) is 14.6. The van der Waals surface area contributed by atoms with Gasteiger partial charge in [0.2, 0.25) is 5.88 Å². The van der Waals surface area contributed by atoms with Crippen LogP contribution in [0.4, 0.5) is 0 Å². The number of nitrogens with zero attached hydrogens (tertiary/aromatic N) is 2. The molecule has 0 fully saturated rings. The van der Waals surface area contributed by atoms with Crippen molar-refractivity contribution in [1.82, 2.24) is 14.5 Å². The highest BCUT2D eigenvalue weighted by Gasteiger charge is 2.30. The zero-order valence-electron chi connectivity index (χ0n) is 16.7. The lowest BCUT2D eigenvalue weighted by molar-refractivity contribution is 0.407. The first-order valence-corrected chi connectivity index (χ1v) is 10.2. The van der Waals surface area contributed by atoms with E-state index in [1.807, 2.05) is 36.4 Å². The van der Waals surface area contributed by atoms with E-state index < -0.39 is 17.3 Å². The predicted molar refractivity (Wildman–Crippen MR) is 119 cm³/mol. The molecule has 0 saturated heterocycles. The van der Waals surface area contributed by atoms with E-state index >= 15 is 0 Å². The van der Waals surface area contributed by atoms with Crippen LogP contribution in [-0.2, 0) is 6.42 Å². The molecule has 1 aliphatic rings. The minimum Gasteiger partial charge on any atom is -0.494 e. The van der Waals surface area contributed by atoms with Gasteiger partial charge in [-0.2, -0.15) is 0 Å². The molecule has 3 aromatic carbocycles. The zero-order chi connectivity index (χ0) is 21.4. The van der Waals surface area contributed by atoms with E-state index in [2.05, 4.69) is 5.32 Å². The molecule has 154 valence electrons. The fraction of sp³-hybridized carbons (Fsp3) is 0.120. The first-order chi connectivity index (χ1) is 15.2. The standard InChI is InChI=1S/C25H21N3O3/c29-23-21(22-20-14-8-7-9-17(20)15-16-26-22)24(30)28(19-12-5-2-6-13-19)25(31)27(23)18-10-3-1-4-11-18/h1-14,22,26,29H,15-16H2/t22-/m0/s1. The molecule has 0 amide bonds. The van der Waals surface area contributed by atoms with Crippen LogP contribution in [0.15, 0.2) is 94.5 Å². The number of benzene rings is 3. The first-order valence-electron chi connectivity index (χ1n) is 10.2. The van der Waals surface area contributed by atoms with Crippen LogP contribution >= 0.6 is 0 Å². The van der Waals surface area contributed by atoms with Gasteiger partial charge in [0.05, 0.1) is 23.0 Å². The van der Waals surface area contributed by atoms with Crippen molar-refractivity contribution in [2.75, 3.05) is 6.54 Å². The van der Waals surface area contributed by atoms with E-state index in [-0.39, 0.29) is 11.4 Å². The molecule has 6 heteroatoms. The SMILES string of the molecule is O=c1c([C@H]2NCCc3ccccc32)c(O)n(-c2ccccc2)c(=O)n1-c1ccccc1. The van der Waals surface area contributed by atoms with Crippen molar-refractivity contribution in [3.8, 4) is 17.3 Å². The van der Waals surface area contributed by atoms with Crippen molar-refractivity contribution in [2.24, 2.45) is 0 Å². The van der Waals surface area contributed by atoms with Crippen LogP contribution in [0.5, 0.6) is 5.88 Å². The molecule has 0 spiro atoms. The van der Waals surface area contributed by atoms with E-state index in [1.54, 1.807) is 48.5 Å². The number of hydrogen-bond donors (Lipinski definition) is 2. The predicted octanol–water partition coefficient (Wildman–Crippen LogP) is 2.93. The Hall–Kier alpha value is -3.90. The van der Waals surface area contributed by atoms with Gasteiger partial charge < -0.3 is 10.4 Å². The van der Waals surface area contributed by atoms with Crippen LogP contribution in [0.1, 0.15) is 22.7 Å². The maximum Gasteiger partial charge on any atom is 0.343 e. The highest BCUT2D eigenvalue weighted by atomic mass is 16.3. The second-order valence-corrected chi connectivity index (χ2v) is 7.50. The molecular formula is C25H21N3O3. The maximum atomic E-state index is 13.7. The molecule has 5 rings (SSSR count). The fourth-order valence-corrected chi connectivity index (χ4v) is 4.24. The van der Waals surface area contributed by atoms with Crippen LogP contribution < -0.4 is 16.6 Å². The molecule has 6 nitrogen and oxygen atoms in total. The summed E-state index contributed by atoms with van der Waals surface area (Å²) in [5.41, 5.74) is 1.99. The minimum absolute atomic E-state index is 0.152. The topological polar surface area (TPSA) is 76.3 Å². The Kier molecular flexibility index (Phi) is 4.76. The Morgan fingerprint density at radius 1 is 0.774 bits per heavy atom. The summed E-state index contributed by atoms with van der Waals surface area (Å²) >= 11 is 0. The van der Waals surface area contributed by atoms with Crippen LogP contribution in [-0.4, -0.2) is 20.8 Å². The van der Waals surface area contributed by atoms with E-state index in [0.29, 0.717) is 17.9 Å². The summed E-state index contributed by atoms with van der Waals surface area (Å²) < 4.78 is 2.32. The van der Waals surface area contributed by atoms with Gasteiger partial charge in [-0.15, -0.1) is 0 Å². The number of hydrogen-bond acceptors (Lipinski definition) is 4. The zero-order valence-corrected chi connectivity index (χ0v) is 16.7. The number of aromatic hydroxyl groups is 1. The van der Waals surface area contributed by atoms with Crippen molar-refractivity contribution in [3.05, 3.63) is 122 Å². The minimum atomic E-state index is -0.618. The third-order valence-electron chi connectivity index (χ3n) is 5.70. The summed E-state index contributed by atoms with van der Waals surface area (Å²) in [4.78, 5) is 27.1. The molecule has 0 unspecified atom stereocenters. The average Bonchev–Trinajstić information content (AvgIpc) is 2.81. The van der Waals surface area contributed by atoms with Crippen molar-refractivity contribution in [2.45, 2.75) is 12.5 Å². The molecule has 2 N–H and O–H groups in total. The molecule has 4 aromatic rings. The maximum absolute atomic E-state index is 13.7. The van der Waals surface area contributed by atoms with Gasteiger partial charge >= 0.3 is 5.69 Å². The monoisotopic (exact) mass is 411 g/mol. The number of nitrogens with one attached hydrogen (secondary N) is 1. The Morgan fingerprint density at radius 2 is 1.35 bits per heavy atom. The fourth-order valence-electron chi connectivity index (χ4n) is 4.24. The van der Waals surface area contributed by atoms with Gasteiger partial charge in [0.25, 0.3) is 5.56 Å². The summed E-state index contributed by atoms with van der Waals surface area (Å²) in [6, 6.07) is 25.0. The quantitative estimate of drug-likeness (QED) is 0.544. The van der Waals surface area contributed by atoms with Crippen LogP contribution in [0, 0.1) is 0 Å². The molecule has 1 atom stereocenters. The summed E-state index contributed by atoms with van der Waals surface area (Å²) in [5.74, 6) is -0.345. The molecule has 1 aliphatic heterocycles. The van der Waals surface area contributed by atoms with Crippen molar-refractivity contribution in [1.29, 1.82) is 0 Å². The van der Waals surface area contributed by atoms with Crippen molar-refractivity contribution < 1.29 is 5.11 Å². The molecule has 31 heavy (non-hydrogen) atoms.